The van der Waals surface area contributed by atoms with Crippen molar-refractivity contribution in [1.82, 2.24) is 14.5 Å². The molecule has 0 aliphatic carbocycles. The molecule has 1 fully saturated rings. The lowest BCUT2D eigenvalue weighted by molar-refractivity contribution is -0.135. The number of nitrogens with zero attached hydrogens (tertiary/aromatic N) is 3. The third kappa shape index (κ3) is 3.50. The lowest BCUT2D eigenvalue weighted by atomic mass is 9.87. The fourth-order valence-electron chi connectivity index (χ4n) is 3.60. The molecule has 1 aliphatic rings. The van der Waals surface area contributed by atoms with Crippen LogP contribution in [0.2, 0.25) is 5.02 Å². The Kier molecular flexibility index (Phi) is 5.91. The molecule has 3 aromatic rings. The first kappa shape index (κ1) is 21.6. The number of ether oxygens (including phenoxy) is 1. The number of halogens is 2. The molecule has 1 aromatic carbocycles. The molecule has 0 spiro atoms. The number of hydrogen-bond acceptors (Lipinski definition) is 7. The second-order valence-electron chi connectivity index (χ2n) is 6.89. The molecule has 156 valence electrons. The zero-order chi connectivity index (χ0) is 20.1. The summed E-state index contributed by atoms with van der Waals surface area (Å²) in [4.78, 5) is 6.82. The molecule has 0 amide bonds. The van der Waals surface area contributed by atoms with Crippen molar-refractivity contribution in [3.8, 4) is 0 Å². The Morgan fingerprint density at radius 2 is 1.90 bits per heavy atom. The van der Waals surface area contributed by atoms with Gasteiger partial charge in [0.15, 0.2) is 6.23 Å². The van der Waals surface area contributed by atoms with Crippen molar-refractivity contribution < 1.29 is 25.3 Å². The van der Waals surface area contributed by atoms with Gasteiger partial charge in [0.25, 0.3) is 0 Å². The quantitative estimate of drug-likeness (QED) is 0.306. The number of aliphatic hydroxyl groups excluding tert-OH is 2. The average molecular weight is 443 g/mol. The predicted octanol–water partition coefficient (Wildman–Crippen LogP) is 1.26. The van der Waals surface area contributed by atoms with Gasteiger partial charge >= 0.3 is 0 Å². The van der Waals surface area contributed by atoms with E-state index in [1.807, 2.05) is 0 Å². The zero-order valence-electron chi connectivity index (χ0n) is 15.2. The van der Waals surface area contributed by atoms with Crippen LogP contribution in [0.25, 0.3) is 11.0 Å². The van der Waals surface area contributed by atoms with Gasteiger partial charge in [0.1, 0.15) is 29.6 Å². The number of aliphatic hydroxyl groups is 3. The molecule has 5 N–H and O–H groups in total. The van der Waals surface area contributed by atoms with Gasteiger partial charge in [0, 0.05) is 11.2 Å². The molecule has 1 saturated heterocycles. The van der Waals surface area contributed by atoms with Gasteiger partial charge in [-0.15, -0.1) is 12.4 Å². The Morgan fingerprint density at radius 3 is 2.55 bits per heavy atom. The van der Waals surface area contributed by atoms with Gasteiger partial charge in [-0.1, -0.05) is 28.9 Å². The van der Waals surface area contributed by atoms with Gasteiger partial charge in [0.2, 0.25) is 5.49 Å². The van der Waals surface area contributed by atoms with Crippen LogP contribution in [-0.4, -0.2) is 53.4 Å². The highest BCUT2D eigenvalue weighted by atomic mass is 35.5. The minimum atomic E-state index is -1.58. The summed E-state index contributed by atoms with van der Waals surface area (Å²) in [6.07, 6.45) is -1.80. The SMILES string of the molecule is CC(O)(c1ccc(Cl)cc1)C1O[C@@H](n2ccc3c(=NO)nc[nH]c32)[C@H](O)[C@@H]1O.Cl. The number of benzene rings is 1. The highest BCUT2D eigenvalue weighted by Crippen LogP contribution is 2.40. The van der Waals surface area contributed by atoms with E-state index in [9.17, 15) is 15.3 Å². The van der Waals surface area contributed by atoms with E-state index >= 15 is 0 Å². The monoisotopic (exact) mass is 442 g/mol. The van der Waals surface area contributed by atoms with E-state index < -0.39 is 30.1 Å². The first-order valence-electron chi connectivity index (χ1n) is 8.57. The number of rotatable bonds is 3. The molecule has 0 radical (unpaired) electrons. The topological polar surface area (TPSA) is 136 Å². The standard InChI is InChI=1S/C18H19ClN4O5.ClH/c1-18(26,9-2-4-10(19)5-3-9)14-12(24)13(25)17(28-14)23-7-6-11-15(22-27)20-8-21-16(11)23;/h2-8,12-14,17,24-27H,1H3,(H,20,21,22);1H/t12-,13+,14?,17+,18?;/m0./s1. The Hall–Kier alpha value is -2.14. The summed E-state index contributed by atoms with van der Waals surface area (Å²) < 4.78 is 7.46. The van der Waals surface area contributed by atoms with E-state index in [2.05, 4.69) is 15.1 Å². The van der Waals surface area contributed by atoms with Crippen LogP contribution in [0.5, 0.6) is 0 Å². The van der Waals surface area contributed by atoms with Crippen LogP contribution < -0.4 is 5.49 Å². The van der Waals surface area contributed by atoms with Crippen molar-refractivity contribution in [2.75, 3.05) is 0 Å². The number of aromatic nitrogens is 3. The lowest BCUT2D eigenvalue weighted by Crippen LogP contribution is -2.45. The fraction of sp³-hybridized carbons (Fsp3) is 0.333. The summed E-state index contributed by atoms with van der Waals surface area (Å²) in [6.45, 7) is 1.51. The molecule has 5 atom stereocenters. The van der Waals surface area contributed by atoms with E-state index in [1.54, 1.807) is 41.1 Å². The zero-order valence-corrected chi connectivity index (χ0v) is 16.7. The molecule has 0 bridgehead atoms. The van der Waals surface area contributed by atoms with E-state index in [0.29, 0.717) is 21.6 Å². The number of hydrogen-bond donors (Lipinski definition) is 5. The summed E-state index contributed by atoms with van der Waals surface area (Å²) in [5, 5.41) is 45.5. The molecule has 3 heterocycles. The minimum absolute atomic E-state index is 0. The predicted molar refractivity (Wildman–Crippen MR) is 106 cm³/mol. The molecule has 9 nitrogen and oxygen atoms in total. The molecule has 2 unspecified atom stereocenters. The maximum absolute atomic E-state index is 11.1. The van der Waals surface area contributed by atoms with Crippen molar-refractivity contribution >= 4 is 35.0 Å². The van der Waals surface area contributed by atoms with Crippen LogP contribution in [0.15, 0.2) is 48.0 Å². The van der Waals surface area contributed by atoms with Crippen molar-refractivity contribution in [2.45, 2.75) is 37.1 Å². The maximum Gasteiger partial charge on any atom is 0.203 e. The third-order valence-electron chi connectivity index (χ3n) is 5.13. The fourth-order valence-corrected chi connectivity index (χ4v) is 3.73. The van der Waals surface area contributed by atoms with E-state index in [4.69, 9.17) is 21.5 Å². The van der Waals surface area contributed by atoms with E-state index in [1.165, 1.54) is 13.3 Å². The first-order chi connectivity index (χ1) is 13.3. The second-order valence-corrected chi connectivity index (χ2v) is 7.33. The third-order valence-corrected chi connectivity index (χ3v) is 5.39. The van der Waals surface area contributed by atoms with Gasteiger partial charge in [-0.05, 0) is 30.7 Å². The Morgan fingerprint density at radius 1 is 1.21 bits per heavy atom. The van der Waals surface area contributed by atoms with Crippen LogP contribution in [-0.2, 0) is 10.3 Å². The average Bonchev–Trinajstić information content (AvgIpc) is 3.24. The summed E-state index contributed by atoms with van der Waals surface area (Å²) >= 11 is 5.90. The van der Waals surface area contributed by atoms with Gasteiger partial charge in [0.05, 0.1) is 11.7 Å². The lowest BCUT2D eigenvalue weighted by Gasteiger charge is -2.32. The Balaban J connectivity index is 0.00000240. The van der Waals surface area contributed by atoms with Crippen LogP contribution in [0.4, 0.5) is 0 Å². The molecule has 2 aromatic heterocycles. The summed E-state index contributed by atoms with van der Waals surface area (Å²) in [5.41, 5.74) is -0.515. The Bertz CT molecular complexity index is 1070. The van der Waals surface area contributed by atoms with Crippen LogP contribution in [0, 0.1) is 0 Å². The molecule has 1 aliphatic heterocycles. The highest BCUT2D eigenvalue weighted by molar-refractivity contribution is 6.30. The number of aromatic amines is 1. The van der Waals surface area contributed by atoms with Gasteiger partial charge in [-0.3, -0.25) is 0 Å². The summed E-state index contributed by atoms with van der Waals surface area (Å²) in [7, 11) is 0. The second kappa shape index (κ2) is 7.94. The van der Waals surface area contributed by atoms with Crippen molar-refractivity contribution in [3.05, 3.63) is 58.9 Å². The van der Waals surface area contributed by atoms with Crippen LogP contribution >= 0.6 is 24.0 Å². The molecular weight excluding hydrogens is 423 g/mol. The normalized spacial score (nSPS) is 27.0. The molecular formula is C18H20Cl2N4O5. The molecule has 4 rings (SSSR count). The smallest absolute Gasteiger partial charge is 0.203 e. The van der Waals surface area contributed by atoms with E-state index in [-0.39, 0.29) is 17.9 Å². The number of fused-ring (bicyclic) bond motifs is 1. The van der Waals surface area contributed by atoms with Crippen molar-refractivity contribution in [1.29, 1.82) is 0 Å². The maximum atomic E-state index is 11.1. The number of nitrogens with one attached hydrogen (secondary N) is 1. The Labute approximate surface area is 176 Å². The van der Waals surface area contributed by atoms with Gasteiger partial charge in [-0.2, -0.15) is 0 Å². The van der Waals surface area contributed by atoms with Crippen LogP contribution in [0.1, 0.15) is 18.7 Å². The van der Waals surface area contributed by atoms with Crippen molar-refractivity contribution in [2.24, 2.45) is 5.16 Å². The van der Waals surface area contributed by atoms with Gasteiger partial charge in [-0.25, -0.2) is 4.98 Å². The molecule has 29 heavy (non-hydrogen) atoms. The van der Waals surface area contributed by atoms with Crippen LogP contribution in [0.3, 0.4) is 0 Å². The molecule has 11 heteroatoms. The largest absolute Gasteiger partial charge is 0.409 e. The number of H-pyrrole nitrogens is 1. The summed E-state index contributed by atoms with van der Waals surface area (Å²) in [6, 6.07) is 8.17. The van der Waals surface area contributed by atoms with E-state index in [0.717, 1.165) is 0 Å². The minimum Gasteiger partial charge on any atom is -0.409 e. The first-order valence-corrected chi connectivity index (χ1v) is 8.94. The summed E-state index contributed by atoms with van der Waals surface area (Å²) in [5.74, 6) is 0. The van der Waals surface area contributed by atoms with Gasteiger partial charge < -0.3 is 34.8 Å². The highest BCUT2D eigenvalue weighted by Gasteiger charge is 2.52. The molecule has 0 saturated carbocycles. The van der Waals surface area contributed by atoms with Crippen molar-refractivity contribution in [3.63, 3.8) is 0 Å².